The van der Waals surface area contributed by atoms with E-state index in [1.54, 1.807) is 31.2 Å². The Morgan fingerprint density at radius 2 is 1.80 bits per heavy atom. The number of carbonyl (C=O) groups is 2. The van der Waals surface area contributed by atoms with Gasteiger partial charge in [0.25, 0.3) is 5.91 Å². The van der Waals surface area contributed by atoms with Crippen molar-refractivity contribution in [2.45, 2.75) is 13.8 Å². The number of anilines is 1. The largest absolute Gasteiger partial charge is 0.465 e. The molecule has 1 amide bonds. The van der Waals surface area contributed by atoms with Gasteiger partial charge in [-0.05, 0) is 55.8 Å². The average Bonchev–Trinajstić information content (AvgIpc) is 3.34. The van der Waals surface area contributed by atoms with Crippen LogP contribution in [0.4, 0.5) is 5.69 Å². The van der Waals surface area contributed by atoms with Crippen molar-refractivity contribution in [2.24, 2.45) is 5.10 Å². The Kier molecular flexibility index (Phi) is 5.06. The van der Waals surface area contributed by atoms with Crippen LogP contribution in [-0.4, -0.2) is 24.7 Å². The molecule has 0 unspecified atom stereocenters. The molecule has 6 nitrogen and oxygen atoms in total. The average molecular weight is 400 g/mol. The summed E-state index contributed by atoms with van der Waals surface area (Å²) in [5, 5.41) is 5.76. The number of esters is 1. The van der Waals surface area contributed by atoms with Gasteiger partial charge in [0, 0.05) is 5.56 Å². The van der Waals surface area contributed by atoms with Crippen molar-refractivity contribution in [1.82, 2.24) is 0 Å². The Morgan fingerprint density at radius 1 is 1.03 bits per heavy atom. The molecule has 0 saturated carbocycles. The number of hydrogen-bond donors (Lipinski definition) is 0. The van der Waals surface area contributed by atoms with E-state index >= 15 is 0 Å². The van der Waals surface area contributed by atoms with E-state index in [0.717, 1.165) is 11.1 Å². The summed E-state index contributed by atoms with van der Waals surface area (Å²) < 4.78 is 10.8. The number of amides is 1. The van der Waals surface area contributed by atoms with E-state index in [2.05, 4.69) is 5.10 Å². The lowest BCUT2D eigenvalue weighted by atomic mass is 10.0. The highest BCUT2D eigenvalue weighted by Crippen LogP contribution is 2.30. The second-order valence-electron chi connectivity index (χ2n) is 6.87. The van der Waals surface area contributed by atoms with Gasteiger partial charge in [0.1, 0.15) is 11.5 Å². The molecule has 0 fully saturated rings. The highest BCUT2D eigenvalue weighted by molar-refractivity contribution is 6.32. The fourth-order valence-electron chi connectivity index (χ4n) is 3.38. The number of rotatable bonds is 4. The number of furan rings is 1. The van der Waals surface area contributed by atoms with Crippen molar-refractivity contribution in [3.05, 3.63) is 83.1 Å². The van der Waals surface area contributed by atoms with Crippen molar-refractivity contribution in [1.29, 1.82) is 0 Å². The molecule has 0 N–H and O–H groups in total. The summed E-state index contributed by atoms with van der Waals surface area (Å²) in [4.78, 5) is 24.8. The lowest BCUT2D eigenvalue weighted by Crippen LogP contribution is -2.21. The van der Waals surface area contributed by atoms with Crippen molar-refractivity contribution >= 4 is 29.4 Å². The van der Waals surface area contributed by atoms with Crippen molar-refractivity contribution < 1.29 is 18.7 Å². The number of carbonyl (C=O) groups excluding carboxylic acids is 2. The minimum absolute atomic E-state index is 0.208. The summed E-state index contributed by atoms with van der Waals surface area (Å²) >= 11 is 0. The molecule has 0 atom stereocenters. The summed E-state index contributed by atoms with van der Waals surface area (Å²) in [5.74, 6) is 0.527. The van der Waals surface area contributed by atoms with Crippen LogP contribution in [0.1, 0.15) is 28.6 Å². The van der Waals surface area contributed by atoms with Crippen LogP contribution < -0.4 is 5.01 Å². The molecule has 1 aromatic heterocycles. The molecule has 0 radical (unpaired) electrons. The zero-order valence-electron chi connectivity index (χ0n) is 16.9. The molecule has 2 heterocycles. The fraction of sp³-hybridized carbons (Fsp3) is 0.125. The summed E-state index contributed by atoms with van der Waals surface area (Å²) in [6, 6.07) is 18.3. The molecule has 0 spiro atoms. The topological polar surface area (TPSA) is 72.1 Å². The van der Waals surface area contributed by atoms with Gasteiger partial charge in [-0.25, -0.2) is 4.79 Å². The first-order chi connectivity index (χ1) is 14.5. The van der Waals surface area contributed by atoms with Crippen LogP contribution in [0.25, 0.3) is 17.4 Å². The van der Waals surface area contributed by atoms with Crippen LogP contribution in [0.15, 0.2) is 75.8 Å². The summed E-state index contributed by atoms with van der Waals surface area (Å²) in [7, 11) is 1.35. The van der Waals surface area contributed by atoms with Gasteiger partial charge in [0.05, 0.1) is 29.6 Å². The van der Waals surface area contributed by atoms with Gasteiger partial charge >= 0.3 is 5.97 Å². The predicted molar refractivity (Wildman–Crippen MR) is 115 cm³/mol. The van der Waals surface area contributed by atoms with Crippen LogP contribution in [0.5, 0.6) is 0 Å². The van der Waals surface area contributed by atoms with Crippen LogP contribution >= 0.6 is 0 Å². The third kappa shape index (κ3) is 3.43. The first kappa shape index (κ1) is 19.4. The number of hydrogen-bond acceptors (Lipinski definition) is 5. The molecule has 150 valence electrons. The van der Waals surface area contributed by atoms with Crippen molar-refractivity contribution in [3.8, 4) is 11.3 Å². The maximum Gasteiger partial charge on any atom is 0.338 e. The van der Waals surface area contributed by atoms with E-state index in [1.165, 1.54) is 12.1 Å². The van der Waals surface area contributed by atoms with Crippen molar-refractivity contribution in [3.63, 3.8) is 0 Å². The lowest BCUT2D eigenvalue weighted by Gasteiger charge is -2.10. The number of para-hydroxylation sites is 1. The van der Waals surface area contributed by atoms with Gasteiger partial charge in [-0.1, -0.05) is 30.3 Å². The number of benzene rings is 2. The molecule has 6 heteroatoms. The molecule has 0 saturated heterocycles. The molecule has 4 rings (SSSR count). The molecule has 0 bridgehead atoms. The quantitative estimate of drug-likeness (QED) is 0.464. The first-order valence-electron chi connectivity index (χ1n) is 9.44. The molecular formula is C24H20N2O4. The molecular weight excluding hydrogens is 380 g/mol. The Balaban J connectivity index is 1.64. The fourth-order valence-corrected chi connectivity index (χ4v) is 3.38. The molecule has 0 aliphatic carbocycles. The maximum atomic E-state index is 12.9. The molecule has 3 aromatic rings. The van der Waals surface area contributed by atoms with E-state index in [4.69, 9.17) is 9.15 Å². The monoisotopic (exact) mass is 400 g/mol. The lowest BCUT2D eigenvalue weighted by molar-refractivity contribution is -0.114. The highest BCUT2D eigenvalue weighted by atomic mass is 16.5. The Labute approximate surface area is 174 Å². The first-order valence-corrected chi connectivity index (χ1v) is 9.44. The van der Waals surface area contributed by atoms with E-state index in [1.807, 2.05) is 49.4 Å². The molecule has 30 heavy (non-hydrogen) atoms. The Bertz CT molecular complexity index is 1190. The van der Waals surface area contributed by atoms with Crippen LogP contribution in [0.3, 0.4) is 0 Å². The second-order valence-corrected chi connectivity index (χ2v) is 6.87. The number of nitrogens with zero attached hydrogens (tertiary/aromatic N) is 2. The Hall–Kier alpha value is -3.93. The third-order valence-electron chi connectivity index (χ3n) is 4.98. The Morgan fingerprint density at radius 3 is 2.53 bits per heavy atom. The summed E-state index contributed by atoms with van der Waals surface area (Å²) in [6.45, 7) is 3.64. The number of methoxy groups -OCH3 is 1. The predicted octanol–water partition coefficient (Wildman–Crippen LogP) is 4.85. The normalized spacial score (nSPS) is 14.9. The maximum absolute atomic E-state index is 12.9. The smallest absolute Gasteiger partial charge is 0.338 e. The van der Waals surface area contributed by atoms with E-state index in [0.29, 0.717) is 34.1 Å². The van der Waals surface area contributed by atoms with Gasteiger partial charge in [-0.2, -0.15) is 10.1 Å². The minimum atomic E-state index is -0.396. The van der Waals surface area contributed by atoms with Crippen molar-refractivity contribution in [2.75, 3.05) is 12.1 Å². The van der Waals surface area contributed by atoms with E-state index in [-0.39, 0.29) is 5.91 Å². The van der Waals surface area contributed by atoms with Gasteiger partial charge in [0.2, 0.25) is 0 Å². The zero-order chi connectivity index (χ0) is 21.3. The minimum Gasteiger partial charge on any atom is -0.465 e. The molecule has 2 aromatic carbocycles. The van der Waals surface area contributed by atoms with Gasteiger partial charge in [-0.3, -0.25) is 4.79 Å². The van der Waals surface area contributed by atoms with Crippen LogP contribution in [0.2, 0.25) is 0 Å². The van der Waals surface area contributed by atoms with Gasteiger partial charge < -0.3 is 9.15 Å². The van der Waals surface area contributed by atoms with E-state index < -0.39 is 5.97 Å². The second kappa shape index (κ2) is 7.83. The molecule has 1 aliphatic heterocycles. The number of ether oxygens (including phenoxy) is 1. The van der Waals surface area contributed by atoms with Crippen LogP contribution in [0, 0.1) is 6.92 Å². The summed E-state index contributed by atoms with van der Waals surface area (Å²) in [5.41, 5.74) is 3.84. The number of hydrazone groups is 1. The van der Waals surface area contributed by atoms with Gasteiger partial charge in [-0.15, -0.1) is 0 Å². The van der Waals surface area contributed by atoms with E-state index in [9.17, 15) is 9.59 Å². The van der Waals surface area contributed by atoms with Crippen LogP contribution in [-0.2, 0) is 9.53 Å². The summed E-state index contributed by atoms with van der Waals surface area (Å²) in [6.07, 6.45) is 1.69. The zero-order valence-corrected chi connectivity index (χ0v) is 16.9. The highest BCUT2D eigenvalue weighted by Gasteiger charge is 2.29. The SMILES string of the molecule is COC(=O)c1cccc(-c2ccc(/C=C3/C(=O)N(c4ccccc4)N=C3C)o2)c1C. The van der Waals surface area contributed by atoms with Gasteiger partial charge in [0.15, 0.2) is 0 Å². The molecule has 1 aliphatic rings. The third-order valence-corrected chi connectivity index (χ3v) is 4.98. The standard InChI is InChI=1S/C24H20N2O4/c1-15-19(10-7-11-20(15)24(28)29-3)22-13-12-18(30-22)14-21-16(2)25-26(23(21)27)17-8-5-4-6-9-17/h4-14H,1-3H3/b21-14+.